The highest BCUT2D eigenvalue weighted by Gasteiger charge is 2.35. The first-order valence-electron chi connectivity index (χ1n) is 5.35. The molecule has 1 aromatic heterocycles. The Labute approximate surface area is 98.4 Å². The van der Waals surface area contributed by atoms with Crippen molar-refractivity contribution in [3.63, 3.8) is 0 Å². The first-order valence-corrected chi connectivity index (χ1v) is 5.35. The fourth-order valence-electron chi connectivity index (χ4n) is 1.77. The zero-order chi connectivity index (χ0) is 12.3. The second kappa shape index (κ2) is 4.68. The van der Waals surface area contributed by atoms with Crippen LogP contribution in [0.1, 0.15) is 19.0 Å². The Morgan fingerprint density at radius 2 is 2.35 bits per heavy atom. The summed E-state index contributed by atoms with van der Waals surface area (Å²) in [6, 6.07) is 3.55. The van der Waals surface area contributed by atoms with Gasteiger partial charge in [-0.3, -0.25) is 10.1 Å². The Bertz CT molecular complexity index is 419. The van der Waals surface area contributed by atoms with Crippen molar-refractivity contribution >= 4 is 6.08 Å². The summed E-state index contributed by atoms with van der Waals surface area (Å²) < 4.78 is 10.7. The fourth-order valence-corrected chi connectivity index (χ4v) is 1.77. The van der Waals surface area contributed by atoms with Crippen LogP contribution >= 0.6 is 0 Å². The molecule has 0 saturated carbocycles. The maximum atomic E-state index is 11.0. The molecule has 17 heavy (non-hydrogen) atoms. The number of hydrogen-bond acceptors (Lipinski definition) is 4. The highest BCUT2D eigenvalue weighted by Crippen LogP contribution is 2.27. The van der Waals surface area contributed by atoms with E-state index in [-0.39, 0.29) is 12.1 Å². The van der Waals surface area contributed by atoms with Crippen molar-refractivity contribution < 1.29 is 14.4 Å². The normalized spacial score (nSPS) is 19.5. The van der Waals surface area contributed by atoms with Crippen LogP contribution in [0, 0.1) is 10.1 Å². The van der Waals surface area contributed by atoms with E-state index < -0.39 is 10.7 Å². The smallest absolute Gasteiger partial charge is 0.253 e. The third-order valence-corrected chi connectivity index (χ3v) is 2.58. The maximum absolute atomic E-state index is 11.0. The van der Waals surface area contributed by atoms with Crippen LogP contribution in [0.15, 0.2) is 24.0 Å². The average molecular weight is 238 g/mol. The van der Waals surface area contributed by atoms with Gasteiger partial charge >= 0.3 is 0 Å². The summed E-state index contributed by atoms with van der Waals surface area (Å²) in [7, 11) is 0. The molecule has 6 nitrogen and oxygen atoms in total. The van der Waals surface area contributed by atoms with Gasteiger partial charge in [-0.05, 0) is 19.1 Å². The molecule has 1 N–H and O–H groups in total. The molecule has 0 amide bonds. The number of hydrogen-bond donors (Lipinski definition) is 1. The second-order valence-corrected chi connectivity index (χ2v) is 4.03. The zero-order valence-electron chi connectivity index (χ0n) is 9.51. The standard InChI is InChI=1S/C11H14N2O4/c1-11(16-5-6-17-11)8-10(13(14)15)7-9-3-2-4-12-9/h2-4,7,12H,5-6,8H2,1H3/b10-7+. The minimum absolute atomic E-state index is 0.0665. The number of aromatic amines is 1. The Morgan fingerprint density at radius 3 is 2.88 bits per heavy atom. The first kappa shape index (κ1) is 11.8. The molecule has 2 heterocycles. The monoisotopic (exact) mass is 238 g/mol. The van der Waals surface area contributed by atoms with E-state index in [0.717, 1.165) is 0 Å². The molecule has 1 aromatic rings. The van der Waals surface area contributed by atoms with E-state index in [1.54, 1.807) is 25.3 Å². The van der Waals surface area contributed by atoms with Gasteiger partial charge in [0.15, 0.2) is 5.79 Å². The summed E-state index contributed by atoms with van der Waals surface area (Å²) in [5.74, 6) is -0.883. The molecule has 6 heteroatoms. The lowest BCUT2D eigenvalue weighted by atomic mass is 10.1. The summed E-state index contributed by atoms with van der Waals surface area (Å²) in [6.45, 7) is 2.67. The highest BCUT2D eigenvalue weighted by atomic mass is 16.7. The third-order valence-electron chi connectivity index (χ3n) is 2.58. The molecule has 1 saturated heterocycles. The number of nitro groups is 1. The second-order valence-electron chi connectivity index (χ2n) is 4.03. The van der Waals surface area contributed by atoms with Gasteiger partial charge in [0.2, 0.25) is 0 Å². The lowest BCUT2D eigenvalue weighted by Gasteiger charge is -2.20. The lowest BCUT2D eigenvalue weighted by Crippen LogP contribution is -2.27. The zero-order valence-corrected chi connectivity index (χ0v) is 9.51. The van der Waals surface area contributed by atoms with Crippen LogP contribution in [0.25, 0.3) is 6.08 Å². The largest absolute Gasteiger partial charge is 0.361 e. The number of ether oxygens (including phenoxy) is 2. The van der Waals surface area contributed by atoms with Gasteiger partial charge < -0.3 is 14.5 Å². The van der Waals surface area contributed by atoms with Gasteiger partial charge in [0.25, 0.3) is 5.70 Å². The Kier molecular flexibility index (Phi) is 3.26. The molecule has 0 spiro atoms. The van der Waals surface area contributed by atoms with Gasteiger partial charge in [0.1, 0.15) is 0 Å². The molecule has 1 fully saturated rings. The number of nitrogens with one attached hydrogen (secondary N) is 1. The van der Waals surface area contributed by atoms with Gasteiger partial charge in [0.05, 0.1) is 24.6 Å². The predicted molar refractivity (Wildman–Crippen MR) is 60.7 cm³/mol. The third kappa shape index (κ3) is 2.92. The molecule has 1 aliphatic rings. The molecule has 0 aromatic carbocycles. The topological polar surface area (TPSA) is 77.4 Å². The van der Waals surface area contributed by atoms with E-state index in [0.29, 0.717) is 18.9 Å². The molecule has 2 rings (SSSR count). The van der Waals surface area contributed by atoms with Crippen LogP contribution in [0.2, 0.25) is 0 Å². The van der Waals surface area contributed by atoms with Crippen molar-refractivity contribution in [2.75, 3.05) is 13.2 Å². The summed E-state index contributed by atoms with van der Waals surface area (Å²) >= 11 is 0. The van der Waals surface area contributed by atoms with E-state index in [1.165, 1.54) is 6.08 Å². The predicted octanol–water partition coefficient (Wildman–Crippen LogP) is 1.79. The molecular weight excluding hydrogens is 224 g/mol. The van der Waals surface area contributed by atoms with Crippen LogP contribution in [-0.2, 0) is 9.47 Å². The molecule has 0 atom stereocenters. The van der Waals surface area contributed by atoms with E-state index in [2.05, 4.69) is 4.98 Å². The summed E-state index contributed by atoms with van der Waals surface area (Å²) in [5.41, 5.74) is 0.759. The van der Waals surface area contributed by atoms with Gasteiger partial charge in [0, 0.05) is 18.0 Å². The van der Waals surface area contributed by atoms with Crippen molar-refractivity contribution in [1.29, 1.82) is 0 Å². The maximum Gasteiger partial charge on any atom is 0.253 e. The van der Waals surface area contributed by atoms with Crippen molar-refractivity contribution in [2.24, 2.45) is 0 Å². The lowest BCUT2D eigenvalue weighted by molar-refractivity contribution is -0.431. The van der Waals surface area contributed by atoms with E-state index in [4.69, 9.17) is 9.47 Å². The van der Waals surface area contributed by atoms with Crippen LogP contribution in [0.4, 0.5) is 0 Å². The van der Waals surface area contributed by atoms with Crippen LogP contribution < -0.4 is 0 Å². The van der Waals surface area contributed by atoms with E-state index >= 15 is 0 Å². The molecule has 92 valence electrons. The van der Waals surface area contributed by atoms with Crippen LogP contribution in [-0.4, -0.2) is 28.9 Å². The summed E-state index contributed by atoms with van der Waals surface area (Å²) in [5, 5.41) is 11.0. The van der Waals surface area contributed by atoms with E-state index in [9.17, 15) is 10.1 Å². The van der Waals surface area contributed by atoms with Crippen LogP contribution in [0.3, 0.4) is 0 Å². The average Bonchev–Trinajstić information content (AvgIpc) is 2.89. The number of H-pyrrole nitrogens is 1. The first-order chi connectivity index (χ1) is 8.09. The SMILES string of the molecule is CC1(C/C(=C\c2ccc[nH]2)[N+](=O)[O-])OCCO1. The molecule has 1 aliphatic heterocycles. The quantitative estimate of drug-likeness (QED) is 0.640. The molecule has 0 bridgehead atoms. The van der Waals surface area contributed by atoms with Crippen molar-refractivity contribution in [1.82, 2.24) is 4.98 Å². The number of aromatic nitrogens is 1. The molecule has 0 unspecified atom stereocenters. The number of rotatable bonds is 4. The van der Waals surface area contributed by atoms with E-state index in [1.807, 2.05) is 0 Å². The van der Waals surface area contributed by atoms with Crippen LogP contribution in [0.5, 0.6) is 0 Å². The highest BCUT2D eigenvalue weighted by molar-refractivity contribution is 5.46. The minimum atomic E-state index is -0.883. The fraction of sp³-hybridized carbons (Fsp3) is 0.455. The molecule has 0 aliphatic carbocycles. The Hall–Kier alpha value is -1.66. The molecule has 0 radical (unpaired) electrons. The number of nitrogens with zero attached hydrogens (tertiary/aromatic N) is 1. The van der Waals surface area contributed by atoms with Crippen molar-refractivity contribution in [3.05, 3.63) is 39.8 Å². The Balaban J connectivity index is 2.15. The summed E-state index contributed by atoms with van der Waals surface area (Å²) in [4.78, 5) is 13.5. The Morgan fingerprint density at radius 1 is 1.65 bits per heavy atom. The summed E-state index contributed by atoms with van der Waals surface area (Å²) in [6.07, 6.45) is 3.34. The van der Waals surface area contributed by atoms with Crippen molar-refractivity contribution in [2.45, 2.75) is 19.1 Å². The van der Waals surface area contributed by atoms with Gasteiger partial charge in [-0.25, -0.2) is 0 Å². The van der Waals surface area contributed by atoms with Gasteiger partial charge in [-0.15, -0.1) is 0 Å². The van der Waals surface area contributed by atoms with Gasteiger partial charge in [-0.1, -0.05) is 0 Å². The minimum Gasteiger partial charge on any atom is -0.361 e. The van der Waals surface area contributed by atoms with Gasteiger partial charge in [-0.2, -0.15) is 0 Å². The molecular formula is C11H14N2O4. The van der Waals surface area contributed by atoms with Crippen molar-refractivity contribution in [3.8, 4) is 0 Å².